The molecule has 2 heterocycles. The monoisotopic (exact) mass is 373 g/mol. The molecule has 0 bridgehead atoms. The van der Waals surface area contributed by atoms with Crippen LogP contribution in [0.5, 0.6) is 0 Å². The fourth-order valence-electron chi connectivity index (χ4n) is 4.00. The molecule has 6 heteroatoms. The summed E-state index contributed by atoms with van der Waals surface area (Å²) in [6.45, 7) is -1.50. The van der Waals surface area contributed by atoms with E-state index in [0.717, 1.165) is 17.5 Å². The standard InChI is InChI=1S/C11H11F2NO.C10H14N2/c12-11(13)14(7-15)10-6-5-8-3-1-2-4-9(8)10;1-12-7-3-5-10(12)9-4-2-6-11-8-9/h1-4,7,10-11H,5-6H2;2,4,6,8,10H,3,5,7H2,1H3. The lowest BCUT2D eigenvalue weighted by Crippen LogP contribution is -2.30. The quantitative estimate of drug-likeness (QED) is 0.595. The number of nitrogens with zero attached hydrogens (tertiary/aromatic N) is 3. The maximum Gasteiger partial charge on any atom is 0.317 e. The number of fused-ring (bicyclic) bond motifs is 1. The first-order valence-electron chi connectivity index (χ1n) is 9.30. The minimum atomic E-state index is -2.72. The molecule has 0 spiro atoms. The molecule has 27 heavy (non-hydrogen) atoms. The van der Waals surface area contributed by atoms with Crippen LogP contribution < -0.4 is 0 Å². The number of alkyl halides is 2. The predicted molar refractivity (Wildman–Crippen MR) is 100 cm³/mol. The summed E-state index contributed by atoms with van der Waals surface area (Å²) < 4.78 is 25.1. The number of hydrogen-bond acceptors (Lipinski definition) is 3. The van der Waals surface area contributed by atoms with Crippen molar-refractivity contribution in [1.29, 1.82) is 0 Å². The normalized spacial score (nSPS) is 21.5. The molecule has 2 aromatic rings. The first kappa shape index (κ1) is 19.4. The highest BCUT2D eigenvalue weighted by molar-refractivity contribution is 5.50. The van der Waals surface area contributed by atoms with E-state index in [0.29, 0.717) is 17.4 Å². The molecule has 1 aromatic heterocycles. The fraction of sp³-hybridized carbons (Fsp3) is 0.429. The summed E-state index contributed by atoms with van der Waals surface area (Å²) in [5, 5.41) is 0. The van der Waals surface area contributed by atoms with Gasteiger partial charge in [0.05, 0.1) is 6.04 Å². The molecular formula is C21H25F2N3O. The topological polar surface area (TPSA) is 36.4 Å². The third kappa shape index (κ3) is 4.50. The van der Waals surface area contributed by atoms with Crippen molar-refractivity contribution in [2.45, 2.75) is 44.3 Å². The Morgan fingerprint density at radius 1 is 1.22 bits per heavy atom. The van der Waals surface area contributed by atoms with E-state index in [2.05, 4.69) is 23.0 Å². The van der Waals surface area contributed by atoms with Gasteiger partial charge in [-0.15, -0.1) is 0 Å². The van der Waals surface area contributed by atoms with Gasteiger partial charge in [0.25, 0.3) is 0 Å². The molecule has 1 aromatic carbocycles. The van der Waals surface area contributed by atoms with E-state index in [1.54, 1.807) is 0 Å². The van der Waals surface area contributed by atoms with Crippen molar-refractivity contribution in [2.24, 2.45) is 0 Å². The Morgan fingerprint density at radius 3 is 2.67 bits per heavy atom. The van der Waals surface area contributed by atoms with E-state index in [9.17, 15) is 13.6 Å². The summed E-state index contributed by atoms with van der Waals surface area (Å²) in [7, 11) is 2.19. The van der Waals surface area contributed by atoms with Crippen molar-refractivity contribution in [3.63, 3.8) is 0 Å². The highest BCUT2D eigenvalue weighted by atomic mass is 19.3. The van der Waals surface area contributed by atoms with Crippen molar-refractivity contribution in [3.05, 3.63) is 65.5 Å². The van der Waals surface area contributed by atoms with Gasteiger partial charge in [0.15, 0.2) is 0 Å². The molecule has 1 amide bonds. The van der Waals surface area contributed by atoms with Gasteiger partial charge < -0.3 is 0 Å². The third-order valence-electron chi connectivity index (χ3n) is 5.40. The van der Waals surface area contributed by atoms with Gasteiger partial charge in [0.1, 0.15) is 0 Å². The largest absolute Gasteiger partial charge is 0.317 e. The number of rotatable bonds is 4. The molecule has 144 valence electrons. The predicted octanol–water partition coefficient (Wildman–Crippen LogP) is 4.20. The van der Waals surface area contributed by atoms with E-state index < -0.39 is 12.6 Å². The highest BCUT2D eigenvalue weighted by Gasteiger charge is 2.31. The Bertz CT molecular complexity index is 741. The number of pyridine rings is 1. The van der Waals surface area contributed by atoms with Crippen molar-refractivity contribution in [3.8, 4) is 0 Å². The Balaban J connectivity index is 0.000000159. The van der Waals surface area contributed by atoms with Crippen LogP contribution in [0, 0.1) is 0 Å². The Labute approximate surface area is 158 Å². The Morgan fingerprint density at radius 2 is 2.04 bits per heavy atom. The third-order valence-corrected chi connectivity index (χ3v) is 5.40. The van der Waals surface area contributed by atoms with E-state index >= 15 is 0 Å². The van der Waals surface area contributed by atoms with Crippen LogP contribution in [0.2, 0.25) is 0 Å². The molecule has 1 saturated heterocycles. The van der Waals surface area contributed by atoms with E-state index in [1.165, 1.54) is 24.9 Å². The molecule has 0 radical (unpaired) electrons. The van der Waals surface area contributed by atoms with Crippen LogP contribution in [-0.2, 0) is 11.2 Å². The average Bonchev–Trinajstić information content (AvgIpc) is 3.30. The molecule has 1 aliphatic heterocycles. The second-order valence-corrected chi connectivity index (χ2v) is 7.01. The minimum absolute atomic E-state index is 0.234. The van der Waals surface area contributed by atoms with Crippen LogP contribution in [0.1, 0.15) is 48.0 Å². The van der Waals surface area contributed by atoms with Crippen molar-refractivity contribution >= 4 is 6.41 Å². The summed E-state index contributed by atoms with van der Waals surface area (Å²) >= 11 is 0. The van der Waals surface area contributed by atoms with Gasteiger partial charge in [-0.3, -0.25) is 19.6 Å². The number of aromatic nitrogens is 1. The van der Waals surface area contributed by atoms with E-state index in [1.807, 2.05) is 42.7 Å². The molecule has 4 nitrogen and oxygen atoms in total. The maximum atomic E-state index is 12.5. The zero-order chi connectivity index (χ0) is 19.2. The lowest BCUT2D eigenvalue weighted by molar-refractivity contribution is -0.136. The first-order valence-corrected chi connectivity index (χ1v) is 9.30. The number of hydrogen-bond donors (Lipinski definition) is 0. The van der Waals surface area contributed by atoms with Gasteiger partial charge >= 0.3 is 6.55 Å². The zero-order valence-electron chi connectivity index (χ0n) is 15.5. The SMILES string of the molecule is CN1CCCC1c1cccnc1.O=CN(C(F)F)C1CCc2ccccc21. The molecule has 4 rings (SSSR count). The van der Waals surface area contributed by atoms with Gasteiger partial charge in [0.2, 0.25) is 6.41 Å². The smallest absolute Gasteiger partial charge is 0.299 e. The second kappa shape index (κ2) is 9.04. The maximum absolute atomic E-state index is 12.5. The molecular weight excluding hydrogens is 348 g/mol. The minimum Gasteiger partial charge on any atom is -0.299 e. The van der Waals surface area contributed by atoms with Gasteiger partial charge in [-0.1, -0.05) is 30.3 Å². The van der Waals surface area contributed by atoms with Crippen LogP contribution in [0.25, 0.3) is 0 Å². The van der Waals surface area contributed by atoms with Gasteiger partial charge in [-0.2, -0.15) is 8.78 Å². The number of likely N-dealkylation sites (tertiary alicyclic amines) is 1. The Kier molecular flexibility index (Phi) is 6.50. The van der Waals surface area contributed by atoms with Crippen LogP contribution in [0.15, 0.2) is 48.8 Å². The number of halogens is 2. The number of aryl methyl sites for hydroxylation is 1. The number of carbonyl (C=O) groups is 1. The van der Waals surface area contributed by atoms with E-state index in [-0.39, 0.29) is 6.41 Å². The first-order chi connectivity index (χ1) is 13.1. The van der Waals surface area contributed by atoms with E-state index in [4.69, 9.17) is 0 Å². The summed E-state index contributed by atoms with van der Waals surface area (Å²) in [5.74, 6) is 0. The molecule has 2 unspecified atom stereocenters. The molecule has 1 fully saturated rings. The lowest BCUT2D eigenvalue weighted by atomic mass is 10.1. The molecule has 0 N–H and O–H groups in total. The second-order valence-electron chi connectivity index (χ2n) is 7.01. The zero-order valence-corrected chi connectivity index (χ0v) is 15.5. The van der Waals surface area contributed by atoms with Crippen molar-refractivity contribution in [1.82, 2.24) is 14.8 Å². The molecule has 1 aliphatic carbocycles. The highest BCUT2D eigenvalue weighted by Crippen LogP contribution is 2.36. The van der Waals surface area contributed by atoms with Gasteiger partial charge in [0, 0.05) is 18.4 Å². The van der Waals surface area contributed by atoms with Crippen LogP contribution in [-0.4, -0.2) is 41.3 Å². The van der Waals surface area contributed by atoms with Crippen LogP contribution in [0.3, 0.4) is 0 Å². The van der Waals surface area contributed by atoms with Gasteiger partial charge in [-0.05, 0) is 62.0 Å². The fourth-order valence-corrected chi connectivity index (χ4v) is 4.00. The van der Waals surface area contributed by atoms with Crippen molar-refractivity contribution in [2.75, 3.05) is 13.6 Å². The van der Waals surface area contributed by atoms with Crippen LogP contribution >= 0.6 is 0 Å². The summed E-state index contributed by atoms with van der Waals surface area (Å²) in [6, 6.07) is 11.8. The average molecular weight is 373 g/mol. The Hall–Kier alpha value is -2.34. The number of benzene rings is 1. The lowest BCUT2D eigenvalue weighted by Gasteiger charge is -2.24. The summed E-state index contributed by atoms with van der Waals surface area (Å²) in [6.07, 6.45) is 7.99. The molecule has 2 atom stereocenters. The van der Waals surface area contributed by atoms with Crippen LogP contribution in [0.4, 0.5) is 8.78 Å². The summed E-state index contributed by atoms with van der Waals surface area (Å²) in [4.78, 5) is 17.7. The van der Waals surface area contributed by atoms with Gasteiger partial charge in [-0.25, -0.2) is 0 Å². The summed E-state index contributed by atoms with van der Waals surface area (Å²) in [5.41, 5.74) is 3.28. The number of carbonyl (C=O) groups excluding carboxylic acids is 1. The molecule has 2 aliphatic rings. The number of amides is 1. The molecule has 0 saturated carbocycles. The van der Waals surface area contributed by atoms with Crippen molar-refractivity contribution < 1.29 is 13.6 Å².